The molecule has 1 aliphatic rings. The molecule has 0 bridgehead atoms. The predicted octanol–water partition coefficient (Wildman–Crippen LogP) is 3.46. The van der Waals surface area contributed by atoms with Crippen molar-refractivity contribution in [3.8, 4) is 5.75 Å². The van der Waals surface area contributed by atoms with Gasteiger partial charge in [0.05, 0.1) is 24.7 Å². The van der Waals surface area contributed by atoms with Crippen LogP contribution in [0.1, 0.15) is 17.2 Å². The van der Waals surface area contributed by atoms with Crippen molar-refractivity contribution in [3.05, 3.63) is 95.8 Å². The normalized spacial score (nSPS) is 19.3. The first-order valence-corrected chi connectivity index (χ1v) is 9.72. The van der Waals surface area contributed by atoms with Crippen LogP contribution in [0.5, 0.6) is 5.75 Å². The van der Waals surface area contributed by atoms with Crippen molar-refractivity contribution >= 4 is 11.6 Å². The summed E-state index contributed by atoms with van der Waals surface area (Å²) in [5, 5.41) is 19.5. The molecule has 1 heterocycles. The average molecular weight is 407 g/mol. The highest BCUT2D eigenvalue weighted by Crippen LogP contribution is 2.45. The van der Waals surface area contributed by atoms with Gasteiger partial charge in [0, 0.05) is 5.69 Å². The topological polar surface area (TPSA) is 70.0 Å². The van der Waals surface area contributed by atoms with Gasteiger partial charge in [-0.05, 0) is 47.5 Å². The second-order valence-corrected chi connectivity index (χ2v) is 7.25. The first-order valence-electron chi connectivity index (χ1n) is 9.72. The molecule has 30 heavy (non-hydrogen) atoms. The van der Waals surface area contributed by atoms with Crippen LogP contribution in [0.25, 0.3) is 0 Å². The smallest absolute Gasteiger partial charge is 0.235 e. The summed E-state index contributed by atoms with van der Waals surface area (Å²) in [7, 11) is 0. The third kappa shape index (κ3) is 3.92. The van der Waals surface area contributed by atoms with Crippen molar-refractivity contribution in [2.45, 2.75) is 18.8 Å². The molecular formula is C24H22FNO4. The highest BCUT2D eigenvalue weighted by atomic mass is 19.1. The van der Waals surface area contributed by atoms with Gasteiger partial charge in [-0.25, -0.2) is 4.39 Å². The van der Waals surface area contributed by atoms with Crippen LogP contribution in [0.15, 0.2) is 78.9 Å². The number of carbonyl (C=O) groups is 1. The summed E-state index contributed by atoms with van der Waals surface area (Å²) in [4.78, 5) is 14.2. The van der Waals surface area contributed by atoms with E-state index >= 15 is 0 Å². The Labute approximate surface area is 174 Å². The molecule has 0 radical (unpaired) electrons. The van der Waals surface area contributed by atoms with Crippen molar-refractivity contribution in [3.63, 3.8) is 0 Å². The van der Waals surface area contributed by atoms with E-state index in [0.717, 1.165) is 11.1 Å². The molecule has 0 aliphatic carbocycles. The maximum atomic E-state index is 13.3. The molecule has 1 amide bonds. The minimum atomic E-state index is -1.17. The quantitative estimate of drug-likeness (QED) is 0.589. The number of nitrogens with zero attached hydrogens (tertiary/aromatic N) is 1. The molecule has 0 saturated carbocycles. The van der Waals surface area contributed by atoms with Gasteiger partial charge < -0.3 is 19.8 Å². The molecule has 4 rings (SSSR count). The molecule has 0 unspecified atom stereocenters. The zero-order valence-corrected chi connectivity index (χ0v) is 16.2. The van der Waals surface area contributed by atoms with Gasteiger partial charge in [-0.1, -0.05) is 42.5 Å². The van der Waals surface area contributed by atoms with Crippen molar-refractivity contribution in [2.75, 3.05) is 11.5 Å². The minimum Gasteiger partial charge on any atom is -0.489 e. The number of halogens is 1. The second-order valence-electron chi connectivity index (χ2n) is 7.25. The molecular weight excluding hydrogens is 385 g/mol. The summed E-state index contributed by atoms with van der Waals surface area (Å²) in [6.07, 6.45) is -1.17. The summed E-state index contributed by atoms with van der Waals surface area (Å²) >= 11 is 0. The van der Waals surface area contributed by atoms with E-state index in [4.69, 9.17) is 4.74 Å². The standard InChI is InChI=1S/C24H22FNO4/c25-18-8-10-19(11-9-18)26-23(22(24(26)29)21(28)14-27)17-6-12-20(13-7-17)30-15-16-4-2-1-3-5-16/h1-13,21-23,27-28H,14-15H2/t21-,22-,23+/m1/s1. The van der Waals surface area contributed by atoms with Crippen molar-refractivity contribution in [1.29, 1.82) is 0 Å². The maximum Gasteiger partial charge on any atom is 0.235 e. The van der Waals surface area contributed by atoms with Gasteiger partial charge in [-0.3, -0.25) is 4.79 Å². The van der Waals surface area contributed by atoms with Crippen LogP contribution >= 0.6 is 0 Å². The predicted molar refractivity (Wildman–Crippen MR) is 110 cm³/mol. The van der Waals surface area contributed by atoms with Crippen LogP contribution in [0.4, 0.5) is 10.1 Å². The number of benzene rings is 3. The van der Waals surface area contributed by atoms with Gasteiger partial charge in [0.1, 0.15) is 18.2 Å². The van der Waals surface area contributed by atoms with Gasteiger partial charge in [0.25, 0.3) is 0 Å². The Morgan fingerprint density at radius 2 is 1.63 bits per heavy atom. The van der Waals surface area contributed by atoms with Gasteiger partial charge in [-0.15, -0.1) is 0 Å². The number of β-lactam (4-membered cyclic amide) rings is 1. The van der Waals surface area contributed by atoms with Gasteiger partial charge in [-0.2, -0.15) is 0 Å². The first-order chi connectivity index (χ1) is 14.6. The molecule has 3 aromatic carbocycles. The number of carbonyl (C=O) groups excluding carboxylic acids is 1. The van der Waals surface area contributed by atoms with Crippen LogP contribution in [-0.2, 0) is 11.4 Å². The van der Waals surface area contributed by atoms with E-state index in [0.29, 0.717) is 18.0 Å². The van der Waals surface area contributed by atoms with E-state index in [1.165, 1.54) is 29.2 Å². The molecule has 154 valence electrons. The molecule has 0 spiro atoms. The van der Waals surface area contributed by atoms with E-state index in [1.54, 1.807) is 0 Å². The molecule has 2 N–H and O–H groups in total. The van der Waals surface area contributed by atoms with E-state index in [-0.39, 0.29) is 5.91 Å². The lowest BCUT2D eigenvalue weighted by atomic mass is 9.78. The molecule has 5 nitrogen and oxygen atoms in total. The minimum absolute atomic E-state index is 0.308. The monoisotopic (exact) mass is 407 g/mol. The summed E-state index contributed by atoms with van der Waals surface area (Å²) in [5.74, 6) is -0.787. The third-order valence-electron chi connectivity index (χ3n) is 5.32. The lowest BCUT2D eigenvalue weighted by Gasteiger charge is -2.49. The number of aliphatic hydroxyl groups is 2. The number of amides is 1. The molecule has 0 aromatic heterocycles. The van der Waals surface area contributed by atoms with Crippen LogP contribution in [0.2, 0.25) is 0 Å². The summed E-state index contributed by atoms with van der Waals surface area (Å²) in [6, 6.07) is 22.3. The average Bonchev–Trinajstić information content (AvgIpc) is 2.78. The van der Waals surface area contributed by atoms with Crippen LogP contribution in [-0.4, -0.2) is 28.8 Å². The number of rotatable bonds is 7. The summed E-state index contributed by atoms with van der Waals surface area (Å²) < 4.78 is 19.1. The Kier molecular flexibility index (Phi) is 5.79. The SMILES string of the molecule is O=C1[C@H]([C@H](O)CO)[C@H](c2ccc(OCc3ccccc3)cc2)N1c1ccc(F)cc1. The Balaban J connectivity index is 1.55. The highest BCUT2D eigenvalue weighted by molar-refractivity contribution is 6.03. The highest BCUT2D eigenvalue weighted by Gasteiger charge is 2.52. The number of hydrogen-bond acceptors (Lipinski definition) is 4. The fourth-order valence-corrected chi connectivity index (χ4v) is 3.75. The van der Waals surface area contributed by atoms with Crippen LogP contribution < -0.4 is 9.64 Å². The number of aliphatic hydroxyl groups excluding tert-OH is 2. The zero-order chi connectivity index (χ0) is 21.1. The van der Waals surface area contributed by atoms with Gasteiger partial charge in [0.2, 0.25) is 5.91 Å². The Hall–Kier alpha value is -3.22. The molecule has 6 heteroatoms. The molecule has 3 atom stereocenters. The Bertz CT molecular complexity index is 992. The van der Waals surface area contributed by atoms with Crippen molar-refractivity contribution in [2.24, 2.45) is 5.92 Å². The lowest BCUT2D eigenvalue weighted by molar-refractivity contribution is -0.137. The number of anilines is 1. The van der Waals surface area contributed by atoms with E-state index in [1.807, 2.05) is 54.6 Å². The lowest BCUT2D eigenvalue weighted by Crippen LogP contribution is -2.60. The molecule has 1 fully saturated rings. The zero-order valence-electron chi connectivity index (χ0n) is 16.2. The summed E-state index contributed by atoms with van der Waals surface area (Å²) in [6.45, 7) is -0.0713. The largest absolute Gasteiger partial charge is 0.489 e. The summed E-state index contributed by atoms with van der Waals surface area (Å²) in [5.41, 5.74) is 2.39. The Morgan fingerprint density at radius 1 is 0.967 bits per heavy atom. The fourth-order valence-electron chi connectivity index (χ4n) is 3.75. The van der Waals surface area contributed by atoms with Crippen molar-refractivity contribution < 1.29 is 24.1 Å². The van der Waals surface area contributed by atoms with Crippen LogP contribution in [0.3, 0.4) is 0 Å². The van der Waals surface area contributed by atoms with E-state index in [2.05, 4.69) is 0 Å². The number of ether oxygens (including phenoxy) is 1. The molecule has 1 aliphatic heterocycles. The molecule has 3 aromatic rings. The van der Waals surface area contributed by atoms with Crippen LogP contribution in [0, 0.1) is 11.7 Å². The fraction of sp³-hybridized carbons (Fsp3) is 0.208. The van der Waals surface area contributed by atoms with E-state index in [9.17, 15) is 19.4 Å². The van der Waals surface area contributed by atoms with E-state index < -0.39 is 30.5 Å². The maximum absolute atomic E-state index is 13.3. The second kappa shape index (κ2) is 8.65. The first kappa shape index (κ1) is 20.1. The van der Waals surface area contributed by atoms with Crippen molar-refractivity contribution in [1.82, 2.24) is 0 Å². The van der Waals surface area contributed by atoms with Gasteiger partial charge >= 0.3 is 0 Å². The Morgan fingerprint density at radius 3 is 2.27 bits per heavy atom. The number of hydrogen-bond donors (Lipinski definition) is 2. The molecule has 1 saturated heterocycles. The third-order valence-corrected chi connectivity index (χ3v) is 5.32. The van der Waals surface area contributed by atoms with Gasteiger partial charge in [0.15, 0.2) is 0 Å².